The van der Waals surface area contributed by atoms with Crippen molar-refractivity contribution in [3.8, 4) is 5.88 Å². The van der Waals surface area contributed by atoms with Gasteiger partial charge in [-0.1, -0.05) is 0 Å². The number of rotatable bonds is 3. The van der Waals surface area contributed by atoms with Crippen LogP contribution in [0.5, 0.6) is 5.88 Å². The highest BCUT2D eigenvalue weighted by Gasteiger charge is 2.42. The number of nitrogens with one attached hydrogen (secondary N) is 1. The highest BCUT2D eigenvalue weighted by atomic mass is 32.2. The lowest BCUT2D eigenvalue weighted by Gasteiger charge is -2.42. The first-order chi connectivity index (χ1) is 15.0. The Bertz CT molecular complexity index is 914. The summed E-state index contributed by atoms with van der Waals surface area (Å²) in [4.78, 5) is 23.3. The summed E-state index contributed by atoms with van der Waals surface area (Å²) in [5.74, 6) is 0.610. The lowest BCUT2D eigenvalue weighted by atomic mass is 9.83. The van der Waals surface area contributed by atoms with Crippen molar-refractivity contribution in [1.29, 1.82) is 0 Å². The molecule has 9 nitrogen and oxygen atoms in total. The van der Waals surface area contributed by atoms with Crippen molar-refractivity contribution in [2.24, 2.45) is 0 Å². The van der Waals surface area contributed by atoms with E-state index < -0.39 is 10.0 Å². The van der Waals surface area contributed by atoms with Crippen molar-refractivity contribution in [1.82, 2.24) is 19.6 Å². The van der Waals surface area contributed by atoms with Gasteiger partial charge in [0.2, 0.25) is 15.9 Å². The average molecular weight is 451 g/mol. The topological polar surface area (TPSA) is 111 Å². The molecule has 3 aliphatic heterocycles. The van der Waals surface area contributed by atoms with Gasteiger partial charge in [-0.05, 0) is 57.3 Å². The summed E-state index contributed by atoms with van der Waals surface area (Å²) in [5.41, 5.74) is 0.957. The summed E-state index contributed by atoms with van der Waals surface area (Å²) in [6.45, 7) is 0.784. The molecule has 170 valence electrons. The number of piperidine rings is 1. The van der Waals surface area contributed by atoms with E-state index >= 15 is 0 Å². The van der Waals surface area contributed by atoms with Gasteiger partial charge in [-0.3, -0.25) is 4.79 Å². The molecule has 4 heterocycles. The van der Waals surface area contributed by atoms with Gasteiger partial charge in [0.25, 0.3) is 5.91 Å². The molecule has 1 unspecified atom stereocenters. The Labute approximate surface area is 183 Å². The van der Waals surface area contributed by atoms with E-state index in [1.807, 2.05) is 0 Å². The molecule has 3 fully saturated rings. The van der Waals surface area contributed by atoms with Gasteiger partial charge in [0.05, 0.1) is 24.0 Å². The van der Waals surface area contributed by atoms with Crippen LogP contribution >= 0.6 is 0 Å². The fourth-order valence-corrected chi connectivity index (χ4v) is 6.76. The number of carbonyl (C=O) groups excluding carboxylic acids is 1. The van der Waals surface area contributed by atoms with Gasteiger partial charge in [-0.2, -0.15) is 0 Å². The molecule has 0 radical (unpaired) electrons. The number of aromatic nitrogens is 2. The Morgan fingerprint density at radius 2 is 1.90 bits per heavy atom. The fourth-order valence-electron chi connectivity index (χ4n) is 5.11. The largest absolute Gasteiger partial charge is 0.467 e. The summed E-state index contributed by atoms with van der Waals surface area (Å²) >= 11 is 0. The third-order valence-electron chi connectivity index (χ3n) is 7.03. The van der Waals surface area contributed by atoms with Crippen LogP contribution in [0.4, 0.5) is 0 Å². The number of amides is 1. The molecule has 2 bridgehead atoms. The molecule has 2 atom stereocenters. The molecule has 10 heteroatoms. The first kappa shape index (κ1) is 21.1. The number of carbonyl (C=O) groups is 1. The summed E-state index contributed by atoms with van der Waals surface area (Å²) in [6, 6.07) is -0.666. The third-order valence-corrected chi connectivity index (χ3v) is 9.01. The predicted octanol–water partition coefficient (Wildman–Crippen LogP) is 1.35. The van der Waals surface area contributed by atoms with Crippen LogP contribution in [0.3, 0.4) is 0 Å². The maximum absolute atomic E-state index is 13.1. The fraction of sp³-hybridized carbons (Fsp3) is 0.762. The van der Waals surface area contributed by atoms with Gasteiger partial charge >= 0.3 is 0 Å². The zero-order valence-corrected chi connectivity index (χ0v) is 18.4. The number of ether oxygens (including phenoxy) is 2. The van der Waals surface area contributed by atoms with Gasteiger partial charge in [-0.25, -0.2) is 23.1 Å². The van der Waals surface area contributed by atoms with Crippen LogP contribution in [0, 0.1) is 0 Å². The van der Waals surface area contributed by atoms with E-state index in [-0.39, 0.29) is 36.0 Å². The molecule has 1 aromatic rings. The van der Waals surface area contributed by atoms with Crippen molar-refractivity contribution in [2.45, 2.75) is 80.7 Å². The van der Waals surface area contributed by atoms with Crippen molar-refractivity contribution in [3.63, 3.8) is 0 Å². The summed E-state index contributed by atoms with van der Waals surface area (Å²) in [5, 5.41) is -0.288. The maximum Gasteiger partial charge on any atom is 0.260 e. The molecule has 1 aromatic heterocycles. The van der Waals surface area contributed by atoms with E-state index in [0.29, 0.717) is 44.2 Å². The maximum atomic E-state index is 13.1. The standard InChI is InChI=1S/C21H30N4O5S/c26-20-12-30-21-17(10-22-13-23-21)14-3-5-15(6-4-14)29-11-19-18(2-1-9-25(19)20)24-31(27,28)16-7-8-16/h10,13-16,18-19,24H,1-9,11-12H2/t14?,15?,18?,19-/m0/s1. The molecule has 0 spiro atoms. The van der Waals surface area contributed by atoms with E-state index in [1.54, 1.807) is 11.1 Å². The van der Waals surface area contributed by atoms with Gasteiger partial charge in [0.15, 0.2) is 6.61 Å². The second kappa shape index (κ2) is 8.63. The Hall–Kier alpha value is -1.78. The number of fused-ring (bicyclic) bond motifs is 5. The summed E-state index contributed by atoms with van der Waals surface area (Å²) in [6.07, 6.45) is 9.96. The molecule has 0 aromatic carbocycles. The van der Waals surface area contributed by atoms with Crippen LogP contribution in [-0.2, 0) is 19.6 Å². The summed E-state index contributed by atoms with van der Waals surface area (Å²) in [7, 11) is -3.35. The number of nitrogens with zero attached hydrogens (tertiary/aromatic N) is 3. The lowest BCUT2D eigenvalue weighted by Crippen LogP contribution is -2.60. The molecule has 1 amide bonds. The normalized spacial score (nSPS) is 32.1. The smallest absolute Gasteiger partial charge is 0.260 e. The van der Waals surface area contributed by atoms with Crippen molar-refractivity contribution in [2.75, 3.05) is 19.8 Å². The van der Waals surface area contributed by atoms with Crippen LogP contribution in [0.15, 0.2) is 12.5 Å². The molecule has 5 aliphatic rings. The first-order valence-electron chi connectivity index (χ1n) is 11.4. The van der Waals surface area contributed by atoms with Gasteiger partial charge in [0.1, 0.15) is 6.33 Å². The zero-order chi connectivity index (χ0) is 21.4. The Morgan fingerprint density at radius 3 is 2.68 bits per heavy atom. The Balaban J connectivity index is 1.40. The zero-order valence-electron chi connectivity index (χ0n) is 17.6. The molecule has 2 saturated carbocycles. The molecule has 1 saturated heterocycles. The van der Waals surface area contributed by atoms with E-state index in [4.69, 9.17) is 9.47 Å². The SMILES string of the molecule is O=C1COc2ncncc2C2CCC(CC2)OC[C@H]2C(NS(=O)(=O)C3CC3)CCCN12. The third kappa shape index (κ3) is 4.56. The minimum atomic E-state index is -3.35. The minimum absolute atomic E-state index is 0.116. The molecule has 6 rings (SSSR count). The van der Waals surface area contributed by atoms with E-state index in [9.17, 15) is 13.2 Å². The first-order valence-corrected chi connectivity index (χ1v) is 12.9. The lowest BCUT2D eigenvalue weighted by molar-refractivity contribution is -0.140. The predicted molar refractivity (Wildman–Crippen MR) is 112 cm³/mol. The number of sulfonamides is 1. The second-order valence-electron chi connectivity index (χ2n) is 9.14. The molecule has 2 aliphatic carbocycles. The van der Waals surface area contributed by atoms with Crippen LogP contribution < -0.4 is 9.46 Å². The van der Waals surface area contributed by atoms with Crippen LogP contribution in [0.1, 0.15) is 62.8 Å². The minimum Gasteiger partial charge on any atom is -0.467 e. The van der Waals surface area contributed by atoms with E-state index in [1.165, 1.54) is 6.33 Å². The Morgan fingerprint density at radius 1 is 1.10 bits per heavy atom. The summed E-state index contributed by atoms with van der Waals surface area (Å²) < 4.78 is 40.3. The van der Waals surface area contributed by atoms with Gasteiger partial charge in [0, 0.05) is 24.3 Å². The van der Waals surface area contributed by atoms with Gasteiger partial charge < -0.3 is 14.4 Å². The second-order valence-corrected chi connectivity index (χ2v) is 11.1. The van der Waals surface area contributed by atoms with E-state index in [2.05, 4.69) is 14.7 Å². The molecular weight excluding hydrogens is 420 g/mol. The van der Waals surface area contributed by atoms with Crippen molar-refractivity contribution in [3.05, 3.63) is 18.1 Å². The molecular formula is C21H30N4O5S. The number of hydrogen-bond donors (Lipinski definition) is 1. The highest BCUT2D eigenvalue weighted by molar-refractivity contribution is 7.90. The van der Waals surface area contributed by atoms with Crippen LogP contribution in [0.2, 0.25) is 0 Å². The Kier molecular flexibility index (Phi) is 5.87. The number of hydrogen-bond acceptors (Lipinski definition) is 7. The quantitative estimate of drug-likeness (QED) is 0.740. The molecule has 31 heavy (non-hydrogen) atoms. The monoisotopic (exact) mass is 450 g/mol. The van der Waals surface area contributed by atoms with Crippen LogP contribution in [0.25, 0.3) is 0 Å². The van der Waals surface area contributed by atoms with Crippen molar-refractivity contribution >= 4 is 15.9 Å². The van der Waals surface area contributed by atoms with Crippen LogP contribution in [-0.4, -0.2) is 72.4 Å². The van der Waals surface area contributed by atoms with Crippen molar-refractivity contribution < 1.29 is 22.7 Å². The molecule has 1 N–H and O–H groups in total. The highest BCUT2D eigenvalue weighted by Crippen LogP contribution is 2.38. The van der Waals surface area contributed by atoms with E-state index in [0.717, 1.165) is 37.7 Å². The average Bonchev–Trinajstić information content (AvgIpc) is 3.63. The van der Waals surface area contributed by atoms with Gasteiger partial charge in [-0.15, -0.1) is 0 Å².